The van der Waals surface area contributed by atoms with Gasteiger partial charge in [-0.3, -0.25) is 5.10 Å². The maximum Gasteiger partial charge on any atom is 0.301 e. The zero-order valence-corrected chi connectivity index (χ0v) is 13.7. The zero-order valence-electron chi connectivity index (χ0n) is 13.7. The Kier molecular flexibility index (Phi) is 3.25. The van der Waals surface area contributed by atoms with E-state index in [0.717, 1.165) is 53.0 Å². The van der Waals surface area contributed by atoms with Crippen LogP contribution in [0.1, 0.15) is 36.2 Å². The molecule has 0 fully saturated rings. The van der Waals surface area contributed by atoms with Crippen molar-refractivity contribution in [1.82, 2.24) is 20.2 Å². The summed E-state index contributed by atoms with van der Waals surface area (Å²) >= 11 is 0. The highest BCUT2D eigenvalue weighted by Gasteiger charge is 2.26. The number of oxazole rings is 2. The van der Waals surface area contributed by atoms with Crippen LogP contribution < -0.4 is 5.32 Å². The number of nitriles is 1. The third-order valence-electron chi connectivity index (χ3n) is 4.62. The summed E-state index contributed by atoms with van der Waals surface area (Å²) in [7, 11) is 0. The highest BCUT2D eigenvalue weighted by molar-refractivity contribution is 5.93. The molecule has 0 spiro atoms. The summed E-state index contributed by atoms with van der Waals surface area (Å²) in [6.45, 7) is 0. The van der Waals surface area contributed by atoms with Gasteiger partial charge in [0.05, 0.1) is 17.8 Å². The SMILES string of the molecule is N#Cc1nc2c(o1)CCCC2Nc1ccc2[nH]nc(-c3cnco3)c2c1. The molecule has 1 atom stereocenters. The molecule has 0 radical (unpaired) electrons. The summed E-state index contributed by atoms with van der Waals surface area (Å²) in [6, 6.07) is 7.98. The lowest BCUT2D eigenvalue weighted by Crippen LogP contribution is -2.17. The molecular formula is C18H14N6O2. The van der Waals surface area contributed by atoms with E-state index < -0.39 is 0 Å². The smallest absolute Gasteiger partial charge is 0.301 e. The fraction of sp³-hybridized carbons (Fsp3) is 0.222. The van der Waals surface area contributed by atoms with E-state index in [1.165, 1.54) is 6.39 Å². The predicted molar refractivity (Wildman–Crippen MR) is 92.1 cm³/mol. The number of benzene rings is 1. The van der Waals surface area contributed by atoms with Crippen molar-refractivity contribution in [2.24, 2.45) is 0 Å². The van der Waals surface area contributed by atoms with Crippen molar-refractivity contribution in [1.29, 1.82) is 5.26 Å². The van der Waals surface area contributed by atoms with Gasteiger partial charge in [-0.05, 0) is 31.0 Å². The minimum absolute atomic E-state index is 0.0164. The zero-order chi connectivity index (χ0) is 17.5. The van der Waals surface area contributed by atoms with Crippen LogP contribution in [0.15, 0.2) is 39.6 Å². The quantitative estimate of drug-likeness (QED) is 0.582. The molecular weight excluding hydrogens is 332 g/mol. The average Bonchev–Trinajstić information content (AvgIpc) is 3.40. The van der Waals surface area contributed by atoms with E-state index in [9.17, 15) is 0 Å². The molecule has 2 N–H and O–H groups in total. The molecule has 0 bridgehead atoms. The third-order valence-corrected chi connectivity index (χ3v) is 4.62. The van der Waals surface area contributed by atoms with E-state index in [-0.39, 0.29) is 11.9 Å². The van der Waals surface area contributed by atoms with Crippen molar-refractivity contribution >= 4 is 16.6 Å². The van der Waals surface area contributed by atoms with Crippen molar-refractivity contribution in [3.63, 3.8) is 0 Å². The number of aromatic nitrogens is 4. The van der Waals surface area contributed by atoms with Crippen LogP contribution in [0.25, 0.3) is 22.4 Å². The molecule has 1 aliphatic carbocycles. The number of fused-ring (bicyclic) bond motifs is 2. The Hall–Kier alpha value is -3.60. The number of hydrogen-bond donors (Lipinski definition) is 2. The molecule has 26 heavy (non-hydrogen) atoms. The second kappa shape index (κ2) is 5.74. The molecule has 1 unspecified atom stereocenters. The molecule has 0 saturated carbocycles. The molecule has 1 aliphatic rings. The summed E-state index contributed by atoms with van der Waals surface area (Å²) in [5.41, 5.74) is 3.41. The third kappa shape index (κ3) is 2.33. The average molecular weight is 346 g/mol. The molecule has 3 heterocycles. The second-order valence-electron chi connectivity index (χ2n) is 6.23. The summed E-state index contributed by atoms with van der Waals surface area (Å²) in [4.78, 5) is 8.28. The van der Waals surface area contributed by atoms with E-state index in [1.807, 2.05) is 24.3 Å². The van der Waals surface area contributed by atoms with Gasteiger partial charge in [0, 0.05) is 17.5 Å². The first-order valence-electron chi connectivity index (χ1n) is 8.35. The Morgan fingerprint density at radius 1 is 1.35 bits per heavy atom. The molecule has 4 aromatic rings. The number of nitrogens with one attached hydrogen (secondary N) is 2. The van der Waals surface area contributed by atoms with E-state index in [4.69, 9.17) is 14.1 Å². The summed E-state index contributed by atoms with van der Waals surface area (Å²) < 4.78 is 10.9. The van der Waals surface area contributed by atoms with Gasteiger partial charge in [0.25, 0.3) is 0 Å². The lowest BCUT2D eigenvalue weighted by molar-refractivity contribution is 0.454. The van der Waals surface area contributed by atoms with Gasteiger partial charge in [-0.25, -0.2) is 9.97 Å². The van der Waals surface area contributed by atoms with Crippen LogP contribution in [-0.4, -0.2) is 20.2 Å². The minimum Gasteiger partial charge on any atom is -0.442 e. The van der Waals surface area contributed by atoms with Crippen molar-refractivity contribution in [2.45, 2.75) is 25.3 Å². The monoisotopic (exact) mass is 346 g/mol. The van der Waals surface area contributed by atoms with Gasteiger partial charge in [-0.2, -0.15) is 10.4 Å². The Balaban J connectivity index is 1.50. The number of aryl methyl sites for hydroxylation is 1. The normalized spacial score (nSPS) is 16.3. The molecule has 1 aromatic carbocycles. The predicted octanol–water partition coefficient (Wildman–Crippen LogP) is 3.57. The number of anilines is 1. The molecule has 3 aromatic heterocycles. The number of H-pyrrole nitrogens is 1. The van der Waals surface area contributed by atoms with Crippen molar-refractivity contribution in [2.75, 3.05) is 5.32 Å². The Morgan fingerprint density at radius 2 is 2.31 bits per heavy atom. The van der Waals surface area contributed by atoms with Crippen LogP contribution in [0.3, 0.4) is 0 Å². The Morgan fingerprint density at radius 3 is 3.15 bits per heavy atom. The molecule has 0 amide bonds. The largest absolute Gasteiger partial charge is 0.442 e. The van der Waals surface area contributed by atoms with Crippen LogP contribution in [0, 0.1) is 11.3 Å². The van der Waals surface area contributed by atoms with E-state index >= 15 is 0 Å². The van der Waals surface area contributed by atoms with Gasteiger partial charge in [0.1, 0.15) is 17.1 Å². The number of hydrogen-bond acceptors (Lipinski definition) is 7. The summed E-state index contributed by atoms with van der Waals surface area (Å²) in [6.07, 6.45) is 5.77. The van der Waals surface area contributed by atoms with Crippen LogP contribution in [-0.2, 0) is 6.42 Å². The Labute approximate surface area is 147 Å². The second-order valence-corrected chi connectivity index (χ2v) is 6.23. The fourth-order valence-corrected chi connectivity index (χ4v) is 3.43. The lowest BCUT2D eigenvalue weighted by atomic mass is 9.96. The minimum atomic E-state index is 0.0164. The topological polar surface area (TPSA) is 117 Å². The molecule has 0 saturated heterocycles. The van der Waals surface area contributed by atoms with Gasteiger partial charge in [0.2, 0.25) is 0 Å². The summed E-state index contributed by atoms with van der Waals surface area (Å²) in [5.74, 6) is 1.54. The van der Waals surface area contributed by atoms with E-state index in [1.54, 1.807) is 6.20 Å². The van der Waals surface area contributed by atoms with E-state index in [0.29, 0.717) is 5.76 Å². The highest BCUT2D eigenvalue weighted by atomic mass is 16.4. The summed E-state index contributed by atoms with van der Waals surface area (Å²) in [5, 5.41) is 20.8. The first-order chi connectivity index (χ1) is 12.8. The molecule has 8 heteroatoms. The number of nitrogens with zero attached hydrogens (tertiary/aromatic N) is 4. The van der Waals surface area contributed by atoms with Gasteiger partial charge in [-0.1, -0.05) is 0 Å². The number of aromatic amines is 1. The highest BCUT2D eigenvalue weighted by Crippen LogP contribution is 2.34. The van der Waals surface area contributed by atoms with Crippen LogP contribution in [0.5, 0.6) is 0 Å². The molecule has 8 nitrogen and oxygen atoms in total. The van der Waals surface area contributed by atoms with Crippen molar-refractivity contribution in [3.05, 3.63) is 48.1 Å². The first-order valence-corrected chi connectivity index (χ1v) is 8.35. The van der Waals surface area contributed by atoms with Gasteiger partial charge < -0.3 is 14.2 Å². The number of rotatable bonds is 3. The van der Waals surface area contributed by atoms with Crippen molar-refractivity contribution < 1.29 is 8.83 Å². The van der Waals surface area contributed by atoms with Crippen LogP contribution in [0.2, 0.25) is 0 Å². The lowest BCUT2D eigenvalue weighted by Gasteiger charge is -2.22. The molecule has 128 valence electrons. The standard InChI is InChI=1S/C18H14N6O2/c19-7-16-22-18-13(2-1-3-14(18)26-16)21-10-4-5-12-11(6-10)17(24-23-12)15-8-20-9-25-15/h4-6,8-9,13,21H,1-3H2,(H,23,24). The maximum absolute atomic E-state index is 9.03. The van der Waals surface area contributed by atoms with Gasteiger partial charge in [-0.15, -0.1) is 0 Å². The van der Waals surface area contributed by atoms with Crippen LogP contribution in [0.4, 0.5) is 5.69 Å². The van der Waals surface area contributed by atoms with Gasteiger partial charge >= 0.3 is 5.89 Å². The van der Waals surface area contributed by atoms with E-state index in [2.05, 4.69) is 25.5 Å². The van der Waals surface area contributed by atoms with Crippen molar-refractivity contribution in [3.8, 4) is 17.5 Å². The Bertz CT molecular complexity index is 1120. The maximum atomic E-state index is 9.03. The fourth-order valence-electron chi connectivity index (χ4n) is 3.43. The molecule has 5 rings (SSSR count). The first kappa shape index (κ1) is 14.7. The van der Waals surface area contributed by atoms with Crippen LogP contribution >= 0.6 is 0 Å². The van der Waals surface area contributed by atoms with Gasteiger partial charge in [0.15, 0.2) is 18.2 Å². The molecule has 0 aliphatic heterocycles.